The Hall–Kier alpha value is -1.68. The van der Waals surface area contributed by atoms with Crippen LogP contribution < -0.4 is 10.1 Å². The van der Waals surface area contributed by atoms with Gasteiger partial charge in [0.05, 0.1) is 13.0 Å². The molecule has 1 atom stereocenters. The zero-order valence-corrected chi connectivity index (χ0v) is 11.6. The van der Waals surface area contributed by atoms with Gasteiger partial charge in [-0.05, 0) is 23.8 Å². The smallest absolute Gasteiger partial charge is 0.165 e. The van der Waals surface area contributed by atoms with Gasteiger partial charge in [0.1, 0.15) is 0 Å². The first-order valence-corrected chi connectivity index (χ1v) is 6.22. The summed E-state index contributed by atoms with van der Waals surface area (Å²) in [4.78, 5) is 11.9. The molecule has 0 amide bonds. The maximum Gasteiger partial charge on any atom is 0.165 e. The fraction of sp³-hybridized carbons (Fsp3) is 0.400. The van der Waals surface area contributed by atoms with Gasteiger partial charge >= 0.3 is 0 Å². The van der Waals surface area contributed by atoms with E-state index >= 15 is 0 Å². The van der Waals surface area contributed by atoms with Crippen molar-refractivity contribution in [2.45, 2.75) is 25.8 Å². The van der Waals surface area contributed by atoms with Crippen LogP contribution in [-0.4, -0.2) is 25.5 Å². The molecule has 4 heteroatoms. The second-order valence-corrected chi connectivity index (χ2v) is 4.62. The maximum atomic E-state index is 13.7. The molecular weight excluding hydrogens is 245 g/mol. The minimum Gasteiger partial charge on any atom is -0.494 e. The standard InChI is InChI=1S/C15H20FNO2/c1-5-14(18)12(9-17-10(2)3)11-6-7-15(19-4)13(16)8-11/h5-8,10,12,17H,1,9H2,2-4H3/t12-/m1/s1. The van der Waals surface area contributed by atoms with Gasteiger partial charge in [-0.15, -0.1) is 0 Å². The van der Waals surface area contributed by atoms with Gasteiger partial charge in [-0.2, -0.15) is 0 Å². The Labute approximate surface area is 113 Å². The zero-order valence-electron chi connectivity index (χ0n) is 11.6. The summed E-state index contributed by atoms with van der Waals surface area (Å²) in [5.74, 6) is -0.852. The van der Waals surface area contributed by atoms with Gasteiger partial charge in [-0.3, -0.25) is 4.79 Å². The van der Waals surface area contributed by atoms with E-state index in [0.29, 0.717) is 12.1 Å². The van der Waals surface area contributed by atoms with Crippen LogP contribution in [0.15, 0.2) is 30.9 Å². The van der Waals surface area contributed by atoms with E-state index in [-0.39, 0.29) is 17.6 Å². The van der Waals surface area contributed by atoms with Crippen molar-refractivity contribution in [1.82, 2.24) is 5.32 Å². The van der Waals surface area contributed by atoms with Crippen molar-refractivity contribution < 1.29 is 13.9 Å². The normalized spacial score (nSPS) is 12.3. The summed E-state index contributed by atoms with van der Waals surface area (Å²) in [6, 6.07) is 4.83. The predicted molar refractivity (Wildman–Crippen MR) is 74.0 cm³/mol. The molecule has 0 radical (unpaired) electrons. The number of ether oxygens (including phenoxy) is 1. The average Bonchev–Trinajstić information content (AvgIpc) is 2.38. The highest BCUT2D eigenvalue weighted by Gasteiger charge is 2.19. The van der Waals surface area contributed by atoms with Crippen LogP contribution in [-0.2, 0) is 4.79 Å². The summed E-state index contributed by atoms with van der Waals surface area (Å²) >= 11 is 0. The van der Waals surface area contributed by atoms with Gasteiger partial charge in [0, 0.05) is 12.6 Å². The first-order chi connectivity index (χ1) is 8.99. The van der Waals surface area contributed by atoms with Crippen molar-refractivity contribution in [2.24, 2.45) is 0 Å². The largest absolute Gasteiger partial charge is 0.494 e. The van der Waals surface area contributed by atoms with E-state index in [1.165, 1.54) is 25.3 Å². The monoisotopic (exact) mass is 265 g/mol. The molecular formula is C15H20FNO2. The van der Waals surface area contributed by atoms with Crippen LogP contribution in [0.25, 0.3) is 0 Å². The van der Waals surface area contributed by atoms with Crippen molar-refractivity contribution in [1.29, 1.82) is 0 Å². The second kappa shape index (κ2) is 7.04. The van der Waals surface area contributed by atoms with Crippen molar-refractivity contribution in [3.8, 4) is 5.75 Å². The van der Waals surface area contributed by atoms with E-state index < -0.39 is 11.7 Å². The SMILES string of the molecule is C=CC(=O)[C@H](CNC(C)C)c1ccc(OC)c(F)c1. The number of carbonyl (C=O) groups is 1. The molecule has 104 valence electrons. The van der Waals surface area contributed by atoms with Crippen molar-refractivity contribution in [3.05, 3.63) is 42.2 Å². The third-order valence-electron chi connectivity index (χ3n) is 2.85. The number of ketones is 1. The molecule has 0 aliphatic heterocycles. The van der Waals surface area contributed by atoms with Crippen LogP contribution in [0, 0.1) is 5.82 Å². The van der Waals surface area contributed by atoms with Crippen LogP contribution in [0.2, 0.25) is 0 Å². The van der Waals surface area contributed by atoms with Crippen LogP contribution in [0.1, 0.15) is 25.3 Å². The van der Waals surface area contributed by atoms with Gasteiger partial charge < -0.3 is 10.1 Å². The number of allylic oxidation sites excluding steroid dienone is 1. The molecule has 0 aliphatic rings. The molecule has 1 aromatic carbocycles. The quantitative estimate of drug-likeness (QED) is 0.770. The highest BCUT2D eigenvalue weighted by Crippen LogP contribution is 2.24. The van der Waals surface area contributed by atoms with Gasteiger partial charge in [0.25, 0.3) is 0 Å². The Morgan fingerprint density at radius 1 is 1.53 bits per heavy atom. The fourth-order valence-corrected chi connectivity index (χ4v) is 1.78. The lowest BCUT2D eigenvalue weighted by Crippen LogP contribution is -2.31. The number of halogens is 1. The number of rotatable bonds is 7. The lowest BCUT2D eigenvalue weighted by Gasteiger charge is -2.18. The molecule has 0 bridgehead atoms. The molecule has 0 spiro atoms. The number of benzene rings is 1. The molecule has 1 aromatic rings. The molecule has 0 unspecified atom stereocenters. The van der Waals surface area contributed by atoms with E-state index in [1.54, 1.807) is 6.07 Å². The first-order valence-electron chi connectivity index (χ1n) is 6.22. The Bertz CT molecular complexity index is 457. The molecule has 1 rings (SSSR count). The van der Waals surface area contributed by atoms with E-state index in [4.69, 9.17) is 4.74 Å². The van der Waals surface area contributed by atoms with Gasteiger partial charge in [0.2, 0.25) is 0 Å². The maximum absolute atomic E-state index is 13.7. The van der Waals surface area contributed by atoms with Crippen LogP contribution in [0.5, 0.6) is 5.75 Å². The van der Waals surface area contributed by atoms with Crippen LogP contribution >= 0.6 is 0 Å². The minimum absolute atomic E-state index is 0.127. The highest BCUT2D eigenvalue weighted by molar-refractivity contribution is 5.95. The molecule has 0 heterocycles. The summed E-state index contributed by atoms with van der Waals surface area (Å²) in [6.45, 7) is 7.93. The van der Waals surface area contributed by atoms with Crippen molar-refractivity contribution in [3.63, 3.8) is 0 Å². The van der Waals surface area contributed by atoms with Gasteiger partial charge in [-0.1, -0.05) is 26.5 Å². The van der Waals surface area contributed by atoms with E-state index in [1.807, 2.05) is 13.8 Å². The predicted octanol–water partition coefficient (Wildman–Crippen LogP) is 2.67. The summed E-state index contributed by atoms with van der Waals surface area (Å²) in [5.41, 5.74) is 0.622. The highest BCUT2D eigenvalue weighted by atomic mass is 19.1. The summed E-state index contributed by atoms with van der Waals surface area (Å²) in [5, 5.41) is 3.19. The van der Waals surface area contributed by atoms with Crippen molar-refractivity contribution >= 4 is 5.78 Å². The van der Waals surface area contributed by atoms with Crippen LogP contribution in [0.4, 0.5) is 4.39 Å². The van der Waals surface area contributed by atoms with E-state index in [0.717, 1.165) is 0 Å². The molecule has 0 aliphatic carbocycles. The Kier molecular flexibility index (Phi) is 5.70. The lowest BCUT2D eigenvalue weighted by molar-refractivity contribution is -0.115. The third-order valence-corrected chi connectivity index (χ3v) is 2.85. The van der Waals surface area contributed by atoms with Crippen molar-refractivity contribution in [2.75, 3.05) is 13.7 Å². The fourth-order valence-electron chi connectivity index (χ4n) is 1.78. The molecule has 19 heavy (non-hydrogen) atoms. The Morgan fingerprint density at radius 2 is 2.21 bits per heavy atom. The molecule has 0 fully saturated rings. The first kappa shape index (κ1) is 15.4. The molecule has 0 saturated carbocycles. The topological polar surface area (TPSA) is 38.3 Å². The number of carbonyl (C=O) groups excluding carboxylic acids is 1. The third kappa shape index (κ3) is 4.17. The zero-order chi connectivity index (χ0) is 14.4. The van der Waals surface area contributed by atoms with Crippen LogP contribution in [0.3, 0.4) is 0 Å². The van der Waals surface area contributed by atoms with Gasteiger partial charge in [0.15, 0.2) is 17.3 Å². The summed E-state index contributed by atoms with van der Waals surface area (Å²) in [6.07, 6.45) is 1.27. The summed E-state index contributed by atoms with van der Waals surface area (Å²) in [7, 11) is 1.41. The number of nitrogens with one attached hydrogen (secondary N) is 1. The van der Waals surface area contributed by atoms with Gasteiger partial charge in [-0.25, -0.2) is 4.39 Å². The molecule has 0 aromatic heterocycles. The number of methoxy groups -OCH3 is 1. The molecule has 0 saturated heterocycles. The Morgan fingerprint density at radius 3 is 2.68 bits per heavy atom. The minimum atomic E-state index is -0.466. The molecule has 3 nitrogen and oxygen atoms in total. The molecule has 1 N–H and O–H groups in total. The van der Waals surface area contributed by atoms with E-state index in [2.05, 4.69) is 11.9 Å². The average molecular weight is 265 g/mol. The number of hydrogen-bond donors (Lipinski definition) is 1. The summed E-state index contributed by atoms with van der Waals surface area (Å²) < 4.78 is 18.6. The lowest BCUT2D eigenvalue weighted by atomic mass is 9.94. The second-order valence-electron chi connectivity index (χ2n) is 4.62. The Balaban J connectivity index is 2.99. The van der Waals surface area contributed by atoms with E-state index in [9.17, 15) is 9.18 Å². The number of hydrogen-bond acceptors (Lipinski definition) is 3.